The van der Waals surface area contributed by atoms with Crippen molar-refractivity contribution in [2.24, 2.45) is 0 Å². The van der Waals surface area contributed by atoms with Crippen molar-refractivity contribution in [1.29, 1.82) is 0 Å². The molecular formula is C60H103NO10. The average Bonchev–Trinajstić information content (AvgIpc) is 3.37. The van der Waals surface area contributed by atoms with E-state index in [1.54, 1.807) is 6.08 Å². The first-order valence-corrected chi connectivity index (χ1v) is 28.4. The highest BCUT2D eigenvalue weighted by Crippen LogP contribution is 2.22. The second-order valence-electron chi connectivity index (χ2n) is 19.3. The molecule has 1 rings (SSSR count). The van der Waals surface area contributed by atoms with Gasteiger partial charge in [0, 0.05) is 12.8 Å². The number of esters is 1. The van der Waals surface area contributed by atoms with E-state index in [9.17, 15) is 35.1 Å². The Morgan fingerprint density at radius 2 is 1.03 bits per heavy atom. The molecule has 408 valence electrons. The maximum Gasteiger partial charge on any atom is 0.305 e. The van der Waals surface area contributed by atoms with Gasteiger partial charge < -0.3 is 45.1 Å². The monoisotopic (exact) mass is 998 g/mol. The van der Waals surface area contributed by atoms with Crippen molar-refractivity contribution >= 4 is 11.9 Å². The number of allylic oxidation sites excluding steroid dienone is 13. The van der Waals surface area contributed by atoms with E-state index in [0.29, 0.717) is 32.3 Å². The van der Waals surface area contributed by atoms with Gasteiger partial charge in [-0.15, -0.1) is 0 Å². The van der Waals surface area contributed by atoms with E-state index < -0.39 is 49.5 Å². The molecule has 0 spiro atoms. The summed E-state index contributed by atoms with van der Waals surface area (Å²) in [5.74, 6) is -0.281. The molecular weight excluding hydrogens is 895 g/mol. The number of hydrogen-bond donors (Lipinski definition) is 6. The summed E-state index contributed by atoms with van der Waals surface area (Å²) in [6, 6.07) is -0.854. The van der Waals surface area contributed by atoms with E-state index in [2.05, 4.69) is 92.1 Å². The smallest absolute Gasteiger partial charge is 0.305 e. The summed E-state index contributed by atoms with van der Waals surface area (Å²) < 4.78 is 16.6. The molecule has 7 atom stereocenters. The fourth-order valence-corrected chi connectivity index (χ4v) is 8.14. The Balaban J connectivity index is 2.22. The first kappa shape index (κ1) is 65.9. The molecule has 7 unspecified atom stereocenters. The Bertz CT molecular complexity index is 1450. The summed E-state index contributed by atoms with van der Waals surface area (Å²) in [4.78, 5) is 25.1. The molecule has 0 aliphatic carbocycles. The van der Waals surface area contributed by atoms with Gasteiger partial charge in [-0.2, -0.15) is 0 Å². The van der Waals surface area contributed by atoms with Crippen LogP contribution < -0.4 is 5.32 Å². The fraction of sp³-hybridized carbons (Fsp3) is 0.733. The summed E-state index contributed by atoms with van der Waals surface area (Å²) in [6.45, 7) is 4.14. The summed E-state index contributed by atoms with van der Waals surface area (Å²) in [7, 11) is 0. The van der Waals surface area contributed by atoms with Gasteiger partial charge >= 0.3 is 5.97 Å². The lowest BCUT2D eigenvalue weighted by Gasteiger charge is -2.40. The normalized spacial score (nSPS) is 19.8. The zero-order chi connectivity index (χ0) is 51.7. The number of nitrogens with one attached hydrogen (secondary N) is 1. The van der Waals surface area contributed by atoms with E-state index >= 15 is 0 Å². The predicted molar refractivity (Wildman–Crippen MR) is 292 cm³/mol. The summed E-state index contributed by atoms with van der Waals surface area (Å²) in [5.41, 5.74) is 0. The van der Waals surface area contributed by atoms with E-state index in [1.807, 2.05) is 6.08 Å². The minimum absolute atomic E-state index is 0.0592. The first-order chi connectivity index (χ1) is 34.7. The highest BCUT2D eigenvalue weighted by molar-refractivity contribution is 5.76. The maximum absolute atomic E-state index is 13.0. The Hall–Kier alpha value is -3.16. The van der Waals surface area contributed by atoms with Gasteiger partial charge in [-0.25, -0.2) is 0 Å². The molecule has 0 aromatic carbocycles. The number of aliphatic hydroxyl groups excluding tert-OH is 5. The molecule has 1 fully saturated rings. The van der Waals surface area contributed by atoms with Crippen molar-refractivity contribution in [3.05, 3.63) is 85.1 Å². The number of ether oxygens (including phenoxy) is 3. The minimum atomic E-state index is -1.59. The standard InChI is InChI=1S/C60H103NO10/c1-3-5-7-9-11-13-15-17-19-23-26-30-34-38-42-46-53(63)52(51-70-60-59(68)58(67)57(66)54(50-62)71-60)61-55(64)47-43-39-35-31-27-24-20-18-21-25-29-33-37-41-45-49-69-56(65)48-44-40-36-32-28-22-16-14-12-10-8-6-4-2/h8,10,14-18,21,25-26,29-30,42,46,52-54,57-60,62-63,66-68H,3-7,9,11-13,19-20,22-24,27-28,31-41,43-45,47-51H2,1-2H3,(H,61,64)/b10-8-,16-14-,17-15+,21-18-,29-25-,30-26+,46-42+. The molecule has 11 heteroatoms. The van der Waals surface area contributed by atoms with Gasteiger partial charge in [0.05, 0.1) is 32.0 Å². The van der Waals surface area contributed by atoms with Crippen LogP contribution in [0.5, 0.6) is 0 Å². The zero-order valence-electron chi connectivity index (χ0n) is 44.7. The summed E-state index contributed by atoms with van der Waals surface area (Å²) in [5, 5.41) is 54.3. The molecule has 0 saturated carbocycles. The molecule has 0 bridgehead atoms. The number of rotatable bonds is 47. The molecule has 6 N–H and O–H groups in total. The lowest BCUT2D eigenvalue weighted by atomic mass is 9.99. The van der Waals surface area contributed by atoms with E-state index in [4.69, 9.17) is 14.2 Å². The third-order valence-electron chi connectivity index (χ3n) is 12.7. The second-order valence-corrected chi connectivity index (χ2v) is 19.3. The van der Waals surface area contributed by atoms with E-state index in [-0.39, 0.29) is 18.5 Å². The Morgan fingerprint density at radius 1 is 0.535 bits per heavy atom. The molecule has 71 heavy (non-hydrogen) atoms. The van der Waals surface area contributed by atoms with Crippen LogP contribution in [-0.4, -0.2) is 100 Å². The lowest BCUT2D eigenvalue weighted by molar-refractivity contribution is -0.302. The summed E-state index contributed by atoms with van der Waals surface area (Å²) >= 11 is 0. The van der Waals surface area contributed by atoms with Crippen molar-refractivity contribution in [3.63, 3.8) is 0 Å². The Labute approximate surface area is 432 Å². The van der Waals surface area contributed by atoms with Crippen LogP contribution in [0, 0.1) is 0 Å². The quantitative estimate of drug-likeness (QED) is 0.0149. The van der Waals surface area contributed by atoms with Gasteiger partial charge in [-0.05, 0) is 116 Å². The number of carbonyl (C=O) groups excluding carboxylic acids is 2. The van der Waals surface area contributed by atoms with Crippen LogP contribution in [0.25, 0.3) is 0 Å². The number of hydrogen-bond acceptors (Lipinski definition) is 10. The van der Waals surface area contributed by atoms with Gasteiger partial charge in [-0.3, -0.25) is 9.59 Å². The van der Waals surface area contributed by atoms with Crippen LogP contribution in [0.3, 0.4) is 0 Å². The van der Waals surface area contributed by atoms with Crippen molar-refractivity contribution in [3.8, 4) is 0 Å². The van der Waals surface area contributed by atoms with Crippen LogP contribution in [0.2, 0.25) is 0 Å². The number of aliphatic hydroxyl groups is 5. The maximum atomic E-state index is 13.0. The third-order valence-corrected chi connectivity index (χ3v) is 12.7. The SMILES string of the molecule is CCC/C=C\C/C=C\CCCCCCCC(=O)OCCCCC/C=C\C=C/CCCCCCCCC(=O)NC(COC1OC(CO)C(O)C(O)C1O)C(O)/C=C/CC/C=C/CC/C=C/CCCCCCC. The average molecular weight is 998 g/mol. The molecule has 11 nitrogen and oxygen atoms in total. The van der Waals surface area contributed by atoms with Gasteiger partial charge in [0.2, 0.25) is 5.91 Å². The number of unbranched alkanes of at least 4 members (excludes halogenated alkanes) is 22. The topological polar surface area (TPSA) is 175 Å². The van der Waals surface area contributed by atoms with Crippen molar-refractivity contribution < 1.29 is 49.3 Å². The van der Waals surface area contributed by atoms with E-state index in [1.165, 1.54) is 64.2 Å². The van der Waals surface area contributed by atoms with Crippen molar-refractivity contribution in [1.82, 2.24) is 5.32 Å². The molecule has 1 amide bonds. The molecule has 1 aliphatic rings. The molecule has 0 aromatic heterocycles. The first-order valence-electron chi connectivity index (χ1n) is 28.4. The van der Waals surface area contributed by atoms with E-state index in [0.717, 1.165) is 116 Å². The van der Waals surface area contributed by atoms with Crippen LogP contribution in [-0.2, 0) is 23.8 Å². The zero-order valence-corrected chi connectivity index (χ0v) is 44.7. The highest BCUT2D eigenvalue weighted by Gasteiger charge is 2.44. The highest BCUT2D eigenvalue weighted by atomic mass is 16.7. The van der Waals surface area contributed by atoms with Gasteiger partial charge in [0.25, 0.3) is 0 Å². The second kappa shape index (κ2) is 49.1. The molecule has 1 saturated heterocycles. The van der Waals surface area contributed by atoms with Crippen molar-refractivity contribution in [2.45, 2.75) is 262 Å². The van der Waals surface area contributed by atoms with Gasteiger partial charge in [0.1, 0.15) is 24.4 Å². The number of carbonyl (C=O) groups is 2. The van der Waals surface area contributed by atoms with Crippen LogP contribution in [0.4, 0.5) is 0 Å². The largest absolute Gasteiger partial charge is 0.466 e. The fourth-order valence-electron chi connectivity index (χ4n) is 8.14. The molecule has 0 aromatic rings. The third kappa shape index (κ3) is 39.0. The van der Waals surface area contributed by atoms with Gasteiger partial charge in [0.15, 0.2) is 6.29 Å². The van der Waals surface area contributed by atoms with Crippen LogP contribution >= 0.6 is 0 Å². The molecule has 1 aliphatic heterocycles. The van der Waals surface area contributed by atoms with Crippen molar-refractivity contribution in [2.75, 3.05) is 19.8 Å². The number of amides is 1. The van der Waals surface area contributed by atoms with Crippen LogP contribution in [0.15, 0.2) is 85.1 Å². The molecule has 1 heterocycles. The summed E-state index contributed by atoms with van der Waals surface area (Å²) in [6.07, 6.45) is 55.1. The molecule has 0 radical (unpaired) electrons. The lowest BCUT2D eigenvalue weighted by Crippen LogP contribution is -2.60. The minimum Gasteiger partial charge on any atom is -0.466 e. The predicted octanol–water partition coefficient (Wildman–Crippen LogP) is 12.6. The van der Waals surface area contributed by atoms with Crippen LogP contribution in [0.1, 0.15) is 219 Å². The van der Waals surface area contributed by atoms with Gasteiger partial charge in [-0.1, -0.05) is 176 Å². The Kier molecular flexibility index (Phi) is 45.5. The Morgan fingerprint density at radius 3 is 1.62 bits per heavy atom.